The first-order chi connectivity index (χ1) is 8.34. The molecule has 0 spiro atoms. The van der Waals surface area contributed by atoms with Crippen LogP contribution in [0.25, 0.3) is 0 Å². The Bertz CT molecular complexity index is 510. The number of carbonyl (C=O) groups excluding carboxylic acids is 1. The van der Waals surface area contributed by atoms with Gasteiger partial charge in [0.25, 0.3) is 5.91 Å². The fraction of sp³-hybridized carbons (Fsp3) is 0.500. The second-order valence-electron chi connectivity index (χ2n) is 3.68. The molecule has 0 fully saturated rings. The van der Waals surface area contributed by atoms with Crippen LogP contribution in [0.15, 0.2) is 15.7 Å². The maximum Gasteiger partial charge on any atom is 0.252 e. The number of hydrogen-bond donors (Lipinski definition) is 2. The summed E-state index contributed by atoms with van der Waals surface area (Å²) >= 11 is 0.924. The van der Waals surface area contributed by atoms with Crippen LogP contribution in [0.2, 0.25) is 0 Å². The van der Waals surface area contributed by atoms with Gasteiger partial charge in [-0.1, -0.05) is 0 Å². The molecule has 0 aromatic carbocycles. The largest absolute Gasteiger partial charge is 0.377 e. The number of nitrogens with two attached hydrogens (primary N) is 1. The Hall–Kier alpha value is -0.960. The van der Waals surface area contributed by atoms with E-state index in [9.17, 15) is 13.2 Å². The first kappa shape index (κ1) is 15.1. The number of amides is 1. The standard InChI is InChI=1S/C10H16N2O4S2/c1-3-16-7(2)5-12-10(13)8-4-9(17-6-8)18(11,14)15/h4,6-7H,3,5H2,1-2H3,(H,12,13)(H2,11,14,15). The molecule has 18 heavy (non-hydrogen) atoms. The topological polar surface area (TPSA) is 98.5 Å². The Balaban J connectivity index is 2.60. The van der Waals surface area contributed by atoms with E-state index in [1.54, 1.807) is 0 Å². The number of nitrogens with one attached hydrogen (secondary N) is 1. The summed E-state index contributed by atoms with van der Waals surface area (Å²) in [5.74, 6) is -0.340. The van der Waals surface area contributed by atoms with Crippen molar-refractivity contribution in [2.75, 3.05) is 13.2 Å². The zero-order valence-corrected chi connectivity index (χ0v) is 11.8. The van der Waals surface area contributed by atoms with Gasteiger partial charge in [-0.2, -0.15) is 0 Å². The third-order valence-electron chi connectivity index (χ3n) is 2.12. The molecule has 1 aromatic heterocycles. The fourth-order valence-corrected chi connectivity index (χ4v) is 2.85. The monoisotopic (exact) mass is 292 g/mol. The van der Waals surface area contributed by atoms with E-state index in [-0.39, 0.29) is 21.8 Å². The van der Waals surface area contributed by atoms with Gasteiger partial charge in [0.2, 0.25) is 10.0 Å². The van der Waals surface area contributed by atoms with Gasteiger partial charge in [-0.3, -0.25) is 4.79 Å². The maximum atomic E-state index is 11.7. The molecule has 0 bridgehead atoms. The van der Waals surface area contributed by atoms with Gasteiger partial charge in [0, 0.05) is 18.5 Å². The second kappa shape index (κ2) is 6.28. The van der Waals surface area contributed by atoms with Crippen LogP contribution in [0.5, 0.6) is 0 Å². The van der Waals surface area contributed by atoms with Crippen LogP contribution >= 0.6 is 11.3 Å². The number of carbonyl (C=O) groups is 1. The maximum absolute atomic E-state index is 11.7. The van der Waals surface area contributed by atoms with Crippen LogP contribution in [-0.2, 0) is 14.8 Å². The Kier molecular flexibility index (Phi) is 5.27. The van der Waals surface area contributed by atoms with E-state index in [1.807, 2.05) is 13.8 Å². The molecule has 102 valence electrons. The summed E-state index contributed by atoms with van der Waals surface area (Å²) in [4.78, 5) is 11.7. The predicted molar refractivity (Wildman–Crippen MR) is 69.1 cm³/mol. The first-order valence-corrected chi connectivity index (χ1v) is 7.78. The van der Waals surface area contributed by atoms with Crippen LogP contribution in [0.4, 0.5) is 0 Å². The minimum atomic E-state index is -3.74. The lowest BCUT2D eigenvalue weighted by molar-refractivity contribution is 0.0695. The number of primary sulfonamides is 1. The van der Waals surface area contributed by atoms with Gasteiger partial charge in [0.15, 0.2) is 0 Å². The fourth-order valence-electron chi connectivity index (χ4n) is 1.27. The van der Waals surface area contributed by atoms with Gasteiger partial charge in [-0.25, -0.2) is 13.6 Å². The van der Waals surface area contributed by atoms with Gasteiger partial charge in [0.05, 0.1) is 11.7 Å². The van der Waals surface area contributed by atoms with Crippen molar-refractivity contribution in [2.24, 2.45) is 5.14 Å². The first-order valence-electron chi connectivity index (χ1n) is 5.35. The molecule has 0 saturated carbocycles. The summed E-state index contributed by atoms with van der Waals surface area (Å²) in [6.45, 7) is 4.65. The second-order valence-corrected chi connectivity index (χ2v) is 6.37. The number of rotatable bonds is 6. The lowest BCUT2D eigenvalue weighted by Crippen LogP contribution is -2.31. The van der Waals surface area contributed by atoms with E-state index in [1.165, 1.54) is 11.4 Å². The molecular weight excluding hydrogens is 276 g/mol. The predicted octanol–water partition coefficient (Wildman–Crippen LogP) is 0.550. The van der Waals surface area contributed by atoms with E-state index in [0.29, 0.717) is 13.2 Å². The van der Waals surface area contributed by atoms with Crippen LogP contribution in [0.1, 0.15) is 24.2 Å². The molecule has 8 heteroatoms. The summed E-state index contributed by atoms with van der Waals surface area (Å²) in [5, 5.41) is 9.08. The summed E-state index contributed by atoms with van der Waals surface area (Å²) < 4.78 is 27.4. The lowest BCUT2D eigenvalue weighted by atomic mass is 10.3. The van der Waals surface area contributed by atoms with Gasteiger partial charge in [0.1, 0.15) is 4.21 Å². The highest BCUT2D eigenvalue weighted by molar-refractivity contribution is 7.91. The Morgan fingerprint density at radius 3 is 2.78 bits per heavy atom. The summed E-state index contributed by atoms with van der Waals surface area (Å²) in [7, 11) is -3.74. The van der Waals surface area contributed by atoms with Crippen molar-refractivity contribution in [3.8, 4) is 0 Å². The summed E-state index contributed by atoms with van der Waals surface area (Å²) in [6.07, 6.45) is -0.0877. The van der Waals surface area contributed by atoms with Crippen molar-refractivity contribution in [1.82, 2.24) is 5.32 Å². The van der Waals surface area contributed by atoms with Crippen molar-refractivity contribution in [3.05, 3.63) is 17.0 Å². The third-order valence-corrected chi connectivity index (χ3v) is 4.51. The molecule has 1 aromatic rings. The molecule has 6 nitrogen and oxygen atoms in total. The molecule has 1 rings (SSSR count). The molecular formula is C10H16N2O4S2. The average Bonchev–Trinajstić information content (AvgIpc) is 2.75. The van der Waals surface area contributed by atoms with Crippen LogP contribution < -0.4 is 10.5 Å². The zero-order chi connectivity index (χ0) is 13.8. The molecule has 1 atom stereocenters. The highest BCUT2D eigenvalue weighted by atomic mass is 32.2. The van der Waals surface area contributed by atoms with Crippen molar-refractivity contribution in [1.29, 1.82) is 0 Å². The summed E-state index contributed by atoms with van der Waals surface area (Å²) in [5.41, 5.74) is 0.285. The molecule has 1 heterocycles. The van der Waals surface area contributed by atoms with E-state index >= 15 is 0 Å². The van der Waals surface area contributed by atoms with Crippen molar-refractivity contribution >= 4 is 27.3 Å². The molecule has 3 N–H and O–H groups in total. The van der Waals surface area contributed by atoms with E-state index < -0.39 is 10.0 Å². The van der Waals surface area contributed by atoms with Crippen LogP contribution in [0, 0.1) is 0 Å². The quantitative estimate of drug-likeness (QED) is 0.800. The minimum absolute atomic E-state index is 0.0227. The molecule has 1 amide bonds. The molecule has 0 saturated heterocycles. The Labute approximate surface area is 110 Å². The number of hydrogen-bond acceptors (Lipinski definition) is 5. The van der Waals surface area contributed by atoms with Gasteiger partial charge in [-0.05, 0) is 19.9 Å². The van der Waals surface area contributed by atoms with E-state index in [2.05, 4.69) is 5.32 Å². The smallest absolute Gasteiger partial charge is 0.252 e. The Morgan fingerprint density at radius 1 is 1.61 bits per heavy atom. The number of ether oxygens (including phenoxy) is 1. The molecule has 0 aliphatic carbocycles. The number of sulfonamides is 1. The molecule has 0 aliphatic heterocycles. The SMILES string of the molecule is CCOC(C)CNC(=O)c1csc(S(N)(=O)=O)c1. The van der Waals surface area contributed by atoms with Gasteiger partial charge in [-0.15, -0.1) is 11.3 Å². The lowest BCUT2D eigenvalue weighted by Gasteiger charge is -2.11. The van der Waals surface area contributed by atoms with Gasteiger partial charge >= 0.3 is 0 Å². The van der Waals surface area contributed by atoms with Gasteiger partial charge < -0.3 is 10.1 Å². The third kappa shape index (κ3) is 4.37. The van der Waals surface area contributed by atoms with E-state index in [4.69, 9.17) is 9.88 Å². The molecule has 0 aliphatic rings. The van der Waals surface area contributed by atoms with Crippen molar-refractivity contribution < 1.29 is 17.9 Å². The highest BCUT2D eigenvalue weighted by Crippen LogP contribution is 2.18. The Morgan fingerprint density at radius 2 is 2.28 bits per heavy atom. The van der Waals surface area contributed by atoms with Crippen LogP contribution in [0.3, 0.4) is 0 Å². The van der Waals surface area contributed by atoms with Crippen molar-refractivity contribution in [3.63, 3.8) is 0 Å². The number of thiophene rings is 1. The van der Waals surface area contributed by atoms with Crippen molar-refractivity contribution in [2.45, 2.75) is 24.2 Å². The summed E-state index contributed by atoms with van der Waals surface area (Å²) in [6, 6.07) is 1.26. The molecule has 0 radical (unpaired) electrons. The van der Waals surface area contributed by atoms with E-state index in [0.717, 1.165) is 11.3 Å². The normalized spacial score (nSPS) is 13.3. The minimum Gasteiger partial charge on any atom is -0.377 e. The average molecular weight is 292 g/mol. The highest BCUT2D eigenvalue weighted by Gasteiger charge is 2.15. The zero-order valence-electron chi connectivity index (χ0n) is 10.2. The molecule has 1 unspecified atom stereocenters. The van der Waals surface area contributed by atoms with Crippen LogP contribution in [-0.4, -0.2) is 33.6 Å².